The number of nitrogens with zero attached hydrogens (tertiary/aromatic N) is 2. The van der Waals surface area contributed by atoms with Crippen LogP contribution < -0.4 is 9.46 Å². The molecule has 0 aliphatic carbocycles. The Bertz CT molecular complexity index is 923. The fraction of sp³-hybridized carbons (Fsp3) is 0.250. The molecule has 25 heavy (non-hydrogen) atoms. The van der Waals surface area contributed by atoms with Crippen LogP contribution in [0.15, 0.2) is 42.5 Å². The van der Waals surface area contributed by atoms with Crippen LogP contribution in [-0.2, 0) is 7.05 Å². The summed E-state index contributed by atoms with van der Waals surface area (Å²) in [5.41, 5.74) is 4.73. The van der Waals surface area contributed by atoms with Gasteiger partial charge in [0.15, 0.2) is 0 Å². The Hall–Kier alpha value is -2.58. The highest BCUT2D eigenvalue weighted by Crippen LogP contribution is 2.34. The normalized spacial score (nSPS) is 10.6. The number of aryl methyl sites for hydroxylation is 1. The number of hydrogen-bond donors (Lipinski definition) is 1. The Balaban J connectivity index is 2.11. The molecule has 1 N–H and O–H groups in total. The molecule has 128 valence electrons. The van der Waals surface area contributed by atoms with Crippen molar-refractivity contribution >= 4 is 28.5 Å². The lowest BCUT2D eigenvalue weighted by molar-refractivity contribution is 0.340. The number of benzene rings is 2. The van der Waals surface area contributed by atoms with E-state index in [1.54, 1.807) is 11.9 Å². The Morgan fingerprint density at radius 1 is 1.16 bits per heavy atom. The lowest BCUT2D eigenvalue weighted by Crippen LogP contribution is -1.94. The van der Waals surface area contributed by atoms with Crippen molar-refractivity contribution in [1.29, 1.82) is 5.26 Å². The summed E-state index contributed by atoms with van der Waals surface area (Å²) in [6, 6.07) is 16.4. The quantitative estimate of drug-likeness (QED) is 0.621. The van der Waals surface area contributed by atoms with Gasteiger partial charge in [-0.2, -0.15) is 5.26 Å². The number of nitriles is 1. The van der Waals surface area contributed by atoms with Gasteiger partial charge in [0.2, 0.25) is 0 Å². The fourth-order valence-corrected chi connectivity index (χ4v) is 3.42. The Kier molecular flexibility index (Phi) is 5.20. The second kappa shape index (κ2) is 7.54. The lowest BCUT2D eigenvalue weighted by atomic mass is 10.1. The molecule has 0 aliphatic rings. The first-order valence-electron chi connectivity index (χ1n) is 8.33. The molecule has 0 saturated carbocycles. The molecule has 2 aromatic carbocycles. The molecular formula is C20H21N3OS. The summed E-state index contributed by atoms with van der Waals surface area (Å²) < 4.78 is 10.9. The minimum absolute atomic E-state index is 0.641. The van der Waals surface area contributed by atoms with Crippen molar-refractivity contribution in [2.75, 3.05) is 17.1 Å². The van der Waals surface area contributed by atoms with Crippen molar-refractivity contribution in [1.82, 2.24) is 4.57 Å². The predicted octanol–water partition coefficient (Wildman–Crippen LogP) is 5.20. The van der Waals surface area contributed by atoms with Crippen LogP contribution in [0.5, 0.6) is 5.75 Å². The predicted molar refractivity (Wildman–Crippen MR) is 106 cm³/mol. The summed E-state index contributed by atoms with van der Waals surface area (Å²) in [7, 11) is 2.01. The van der Waals surface area contributed by atoms with Gasteiger partial charge in [0.25, 0.3) is 0 Å². The van der Waals surface area contributed by atoms with Gasteiger partial charge in [0.1, 0.15) is 11.8 Å². The molecule has 0 fully saturated rings. The molecule has 0 atom stereocenters. The average Bonchev–Trinajstić information content (AvgIpc) is 2.92. The molecule has 3 aromatic rings. The van der Waals surface area contributed by atoms with Crippen LogP contribution in [0.2, 0.25) is 0 Å². The van der Waals surface area contributed by atoms with Crippen LogP contribution in [0.1, 0.15) is 19.4 Å². The first-order chi connectivity index (χ1) is 12.2. The van der Waals surface area contributed by atoms with Crippen LogP contribution in [-0.4, -0.2) is 16.9 Å². The first-order valence-corrected chi connectivity index (χ1v) is 9.31. The molecule has 3 rings (SSSR count). The first kappa shape index (κ1) is 17.2. The molecule has 0 bridgehead atoms. The van der Waals surface area contributed by atoms with Crippen molar-refractivity contribution in [2.45, 2.75) is 13.8 Å². The van der Waals surface area contributed by atoms with Crippen LogP contribution in [0.3, 0.4) is 0 Å². The number of anilines is 1. The smallest absolute Gasteiger partial charge is 0.119 e. The van der Waals surface area contributed by atoms with Gasteiger partial charge in [0, 0.05) is 23.9 Å². The van der Waals surface area contributed by atoms with Crippen molar-refractivity contribution in [3.8, 4) is 23.1 Å². The van der Waals surface area contributed by atoms with E-state index in [1.165, 1.54) is 0 Å². The second-order valence-electron chi connectivity index (χ2n) is 5.62. The highest BCUT2D eigenvalue weighted by atomic mass is 32.2. The molecule has 1 heterocycles. The SMILES string of the molecule is CCOc1ccc(-c2c(C#N)c3ccc(NSCC)cc3n2C)cc1. The summed E-state index contributed by atoms with van der Waals surface area (Å²) in [6.45, 7) is 4.72. The topological polar surface area (TPSA) is 50.0 Å². The zero-order chi connectivity index (χ0) is 17.8. The van der Waals surface area contributed by atoms with E-state index in [1.807, 2.05) is 50.4 Å². The van der Waals surface area contributed by atoms with E-state index in [4.69, 9.17) is 4.74 Å². The molecule has 0 spiro atoms. The van der Waals surface area contributed by atoms with Crippen LogP contribution in [0, 0.1) is 11.3 Å². The van der Waals surface area contributed by atoms with Gasteiger partial charge in [-0.15, -0.1) is 0 Å². The molecule has 0 unspecified atom stereocenters. The third-order valence-corrected chi connectivity index (χ3v) is 4.75. The number of fused-ring (bicyclic) bond motifs is 1. The minimum Gasteiger partial charge on any atom is -0.494 e. The summed E-state index contributed by atoms with van der Waals surface area (Å²) in [5, 5.41) is 10.7. The van der Waals surface area contributed by atoms with Crippen LogP contribution in [0.25, 0.3) is 22.2 Å². The molecule has 0 amide bonds. The molecule has 0 saturated heterocycles. The van der Waals surface area contributed by atoms with E-state index in [0.29, 0.717) is 12.2 Å². The molecule has 1 aromatic heterocycles. The number of ether oxygens (including phenoxy) is 1. The zero-order valence-electron chi connectivity index (χ0n) is 14.7. The van der Waals surface area contributed by atoms with E-state index in [-0.39, 0.29) is 0 Å². The average molecular weight is 351 g/mol. The summed E-state index contributed by atoms with van der Waals surface area (Å²) >= 11 is 1.66. The van der Waals surface area contributed by atoms with Crippen molar-refractivity contribution in [3.05, 3.63) is 48.0 Å². The highest BCUT2D eigenvalue weighted by Gasteiger charge is 2.17. The number of aromatic nitrogens is 1. The van der Waals surface area contributed by atoms with E-state index in [9.17, 15) is 5.26 Å². The van der Waals surface area contributed by atoms with Crippen molar-refractivity contribution in [3.63, 3.8) is 0 Å². The molecule has 0 radical (unpaired) electrons. The van der Waals surface area contributed by atoms with Gasteiger partial charge in [-0.05, 0) is 55.0 Å². The van der Waals surface area contributed by atoms with E-state index < -0.39 is 0 Å². The summed E-state index contributed by atoms with van der Waals surface area (Å²) in [4.78, 5) is 0. The Morgan fingerprint density at radius 3 is 2.56 bits per heavy atom. The van der Waals surface area contributed by atoms with E-state index in [0.717, 1.165) is 39.4 Å². The fourth-order valence-electron chi connectivity index (χ4n) is 2.98. The van der Waals surface area contributed by atoms with Crippen LogP contribution in [0.4, 0.5) is 5.69 Å². The van der Waals surface area contributed by atoms with Gasteiger partial charge in [-0.25, -0.2) is 0 Å². The maximum atomic E-state index is 9.73. The van der Waals surface area contributed by atoms with Crippen LogP contribution >= 0.6 is 11.9 Å². The second-order valence-corrected chi connectivity index (χ2v) is 6.69. The van der Waals surface area contributed by atoms with Gasteiger partial charge >= 0.3 is 0 Å². The van der Waals surface area contributed by atoms with E-state index in [2.05, 4.69) is 28.3 Å². The van der Waals surface area contributed by atoms with Crippen molar-refractivity contribution in [2.24, 2.45) is 7.05 Å². The monoisotopic (exact) mass is 351 g/mol. The van der Waals surface area contributed by atoms with Gasteiger partial charge in [-0.1, -0.05) is 18.9 Å². The molecule has 0 aliphatic heterocycles. The number of nitrogens with one attached hydrogen (secondary N) is 1. The summed E-state index contributed by atoms with van der Waals surface area (Å²) in [6.07, 6.45) is 0. The van der Waals surface area contributed by atoms with Gasteiger partial charge in [0.05, 0.1) is 23.4 Å². The number of rotatable bonds is 6. The van der Waals surface area contributed by atoms with Gasteiger partial charge < -0.3 is 14.0 Å². The third-order valence-electron chi connectivity index (χ3n) is 4.09. The Morgan fingerprint density at radius 2 is 1.92 bits per heavy atom. The van der Waals surface area contributed by atoms with Crippen molar-refractivity contribution < 1.29 is 4.74 Å². The molecule has 4 nitrogen and oxygen atoms in total. The maximum Gasteiger partial charge on any atom is 0.119 e. The third kappa shape index (κ3) is 3.31. The largest absolute Gasteiger partial charge is 0.494 e. The molecule has 5 heteroatoms. The lowest BCUT2D eigenvalue weighted by Gasteiger charge is -2.08. The Labute approximate surface area is 152 Å². The molecular weight excluding hydrogens is 330 g/mol. The maximum absolute atomic E-state index is 9.73. The van der Waals surface area contributed by atoms with Gasteiger partial charge in [-0.3, -0.25) is 0 Å². The number of hydrogen-bond acceptors (Lipinski definition) is 4. The highest BCUT2D eigenvalue weighted by molar-refractivity contribution is 8.00. The summed E-state index contributed by atoms with van der Waals surface area (Å²) in [5.74, 6) is 1.83. The standard InChI is InChI=1S/C20H21N3OS/c1-4-24-16-9-6-14(7-10-16)20-18(13-21)17-11-8-15(22-25-5-2)12-19(17)23(20)3/h6-12,22H,4-5H2,1-3H3. The zero-order valence-corrected chi connectivity index (χ0v) is 15.5. The van der Waals surface area contributed by atoms with E-state index >= 15 is 0 Å². The minimum atomic E-state index is 0.641.